The van der Waals surface area contributed by atoms with Crippen molar-refractivity contribution in [1.82, 2.24) is 0 Å². The van der Waals surface area contributed by atoms with Crippen LogP contribution in [0.5, 0.6) is 5.75 Å². The zero-order valence-electron chi connectivity index (χ0n) is 10.3. The summed E-state index contributed by atoms with van der Waals surface area (Å²) in [4.78, 5) is 2.09. The highest BCUT2D eigenvalue weighted by Gasteiger charge is 2.34. The summed E-state index contributed by atoms with van der Waals surface area (Å²) in [6.45, 7) is 3.71. The number of halogens is 3. The number of anilines is 1. The number of hydrogen-bond donors (Lipinski definition) is 0. The van der Waals surface area contributed by atoms with E-state index in [-0.39, 0.29) is 12.4 Å². The van der Waals surface area contributed by atoms with E-state index in [9.17, 15) is 13.2 Å². The van der Waals surface area contributed by atoms with Gasteiger partial charge in [-0.2, -0.15) is 13.2 Å². The van der Waals surface area contributed by atoms with Crippen LogP contribution < -0.4 is 9.64 Å². The van der Waals surface area contributed by atoms with Gasteiger partial charge in [-0.05, 0) is 31.9 Å². The molecule has 0 N–H and O–H groups in total. The Morgan fingerprint density at radius 1 is 1.22 bits per heavy atom. The molecule has 0 aromatic heterocycles. The fraction of sp³-hybridized carbons (Fsp3) is 0.538. The second kappa shape index (κ2) is 5.08. The quantitative estimate of drug-likeness (QED) is 0.820. The largest absolute Gasteiger partial charge is 0.493 e. The molecule has 1 aromatic carbocycles. The number of benzene rings is 1. The molecule has 1 fully saturated rings. The van der Waals surface area contributed by atoms with Crippen LogP contribution >= 0.6 is 0 Å². The van der Waals surface area contributed by atoms with Crippen LogP contribution in [0.25, 0.3) is 0 Å². The molecule has 2 nitrogen and oxygen atoms in total. The Balaban J connectivity index is 2.33. The van der Waals surface area contributed by atoms with Crippen LogP contribution in [-0.2, 0) is 6.18 Å². The van der Waals surface area contributed by atoms with Crippen molar-refractivity contribution in [2.45, 2.75) is 25.9 Å². The van der Waals surface area contributed by atoms with Crippen LogP contribution in [0.1, 0.15) is 25.3 Å². The van der Waals surface area contributed by atoms with Gasteiger partial charge < -0.3 is 9.64 Å². The predicted molar refractivity (Wildman–Crippen MR) is 64.1 cm³/mol. The van der Waals surface area contributed by atoms with Gasteiger partial charge in [0.25, 0.3) is 0 Å². The van der Waals surface area contributed by atoms with Crippen molar-refractivity contribution in [2.75, 3.05) is 24.6 Å². The molecule has 0 aliphatic carbocycles. The fourth-order valence-electron chi connectivity index (χ4n) is 2.19. The van der Waals surface area contributed by atoms with E-state index in [4.69, 9.17) is 4.74 Å². The van der Waals surface area contributed by atoms with Gasteiger partial charge in [-0.25, -0.2) is 0 Å². The van der Waals surface area contributed by atoms with Crippen molar-refractivity contribution in [2.24, 2.45) is 0 Å². The van der Waals surface area contributed by atoms with E-state index in [1.165, 1.54) is 12.1 Å². The van der Waals surface area contributed by atoms with Crippen LogP contribution in [0, 0.1) is 0 Å². The van der Waals surface area contributed by atoms with Gasteiger partial charge in [-0.15, -0.1) is 0 Å². The maximum atomic E-state index is 12.8. The first-order valence-corrected chi connectivity index (χ1v) is 6.11. The lowest BCUT2D eigenvalue weighted by Gasteiger charge is -2.20. The molecule has 0 spiro atoms. The van der Waals surface area contributed by atoms with Crippen molar-refractivity contribution in [3.8, 4) is 5.75 Å². The minimum absolute atomic E-state index is 0.0746. The number of nitrogens with zero attached hydrogens (tertiary/aromatic N) is 1. The smallest absolute Gasteiger partial charge is 0.419 e. The van der Waals surface area contributed by atoms with Crippen molar-refractivity contribution < 1.29 is 17.9 Å². The number of rotatable bonds is 3. The van der Waals surface area contributed by atoms with Crippen LogP contribution in [0.2, 0.25) is 0 Å². The maximum absolute atomic E-state index is 12.8. The van der Waals surface area contributed by atoms with Gasteiger partial charge >= 0.3 is 6.18 Å². The van der Waals surface area contributed by atoms with E-state index in [1.54, 1.807) is 6.92 Å². The van der Waals surface area contributed by atoms with Gasteiger partial charge in [0.15, 0.2) is 0 Å². The summed E-state index contributed by atoms with van der Waals surface area (Å²) in [5.41, 5.74) is 0.108. The van der Waals surface area contributed by atoms with Crippen LogP contribution in [-0.4, -0.2) is 19.7 Å². The highest BCUT2D eigenvalue weighted by atomic mass is 19.4. The van der Waals surface area contributed by atoms with Gasteiger partial charge in [-0.3, -0.25) is 0 Å². The van der Waals surface area contributed by atoms with Gasteiger partial charge in [-0.1, -0.05) is 0 Å². The molecule has 100 valence electrons. The minimum atomic E-state index is -4.37. The Morgan fingerprint density at radius 2 is 1.89 bits per heavy atom. The molecule has 0 saturated carbocycles. The minimum Gasteiger partial charge on any atom is -0.493 e. The Kier molecular flexibility index (Phi) is 3.68. The zero-order valence-corrected chi connectivity index (χ0v) is 10.3. The van der Waals surface area contributed by atoms with E-state index < -0.39 is 11.7 Å². The van der Waals surface area contributed by atoms with Crippen LogP contribution in [0.4, 0.5) is 18.9 Å². The first kappa shape index (κ1) is 13.1. The van der Waals surface area contributed by atoms with E-state index in [0.29, 0.717) is 0 Å². The highest BCUT2D eigenvalue weighted by molar-refractivity contribution is 5.55. The topological polar surface area (TPSA) is 12.5 Å². The summed E-state index contributed by atoms with van der Waals surface area (Å²) in [6, 6.07) is 4.13. The number of alkyl halides is 3. The summed E-state index contributed by atoms with van der Waals surface area (Å²) in [6.07, 6.45) is -2.19. The summed E-state index contributed by atoms with van der Waals surface area (Å²) in [7, 11) is 0. The Labute approximate surface area is 104 Å². The zero-order chi connectivity index (χ0) is 13.2. The Morgan fingerprint density at radius 3 is 2.44 bits per heavy atom. The standard InChI is InChI=1S/C13H16F3NO/c1-2-18-12-9-10(17-7-3-4-8-17)5-6-11(12)13(14,15)16/h5-6,9H,2-4,7-8H2,1H3. The molecule has 1 heterocycles. The monoisotopic (exact) mass is 259 g/mol. The molecule has 0 unspecified atom stereocenters. The molecular weight excluding hydrogens is 243 g/mol. The third-order valence-corrected chi connectivity index (χ3v) is 3.04. The van der Waals surface area contributed by atoms with Gasteiger partial charge in [0.1, 0.15) is 5.75 Å². The third kappa shape index (κ3) is 2.71. The summed E-state index contributed by atoms with van der Waals surface area (Å²) in [5.74, 6) is -0.0746. The average Bonchev–Trinajstić information content (AvgIpc) is 2.81. The molecule has 1 aliphatic rings. The van der Waals surface area contributed by atoms with Crippen molar-refractivity contribution in [3.05, 3.63) is 23.8 Å². The van der Waals surface area contributed by atoms with Crippen LogP contribution in [0.15, 0.2) is 18.2 Å². The molecule has 2 rings (SSSR count). The lowest BCUT2D eigenvalue weighted by molar-refractivity contribution is -0.138. The molecule has 1 aliphatic heterocycles. The fourth-order valence-corrected chi connectivity index (χ4v) is 2.19. The Hall–Kier alpha value is -1.39. The SMILES string of the molecule is CCOc1cc(N2CCCC2)ccc1C(F)(F)F. The lowest BCUT2D eigenvalue weighted by Crippen LogP contribution is -2.18. The van der Waals surface area contributed by atoms with Gasteiger partial charge in [0, 0.05) is 24.8 Å². The van der Waals surface area contributed by atoms with Crippen molar-refractivity contribution in [3.63, 3.8) is 0 Å². The number of hydrogen-bond acceptors (Lipinski definition) is 2. The van der Waals surface area contributed by atoms with E-state index in [2.05, 4.69) is 4.90 Å². The maximum Gasteiger partial charge on any atom is 0.419 e. The number of ether oxygens (including phenoxy) is 1. The van der Waals surface area contributed by atoms with E-state index in [1.807, 2.05) is 0 Å². The predicted octanol–water partition coefficient (Wildman–Crippen LogP) is 3.70. The molecule has 0 amide bonds. The second-order valence-electron chi connectivity index (χ2n) is 4.31. The van der Waals surface area contributed by atoms with Crippen molar-refractivity contribution >= 4 is 5.69 Å². The molecule has 18 heavy (non-hydrogen) atoms. The Bertz CT molecular complexity index is 411. The van der Waals surface area contributed by atoms with Crippen LogP contribution in [0.3, 0.4) is 0 Å². The first-order valence-electron chi connectivity index (χ1n) is 6.11. The van der Waals surface area contributed by atoms with Crippen molar-refractivity contribution in [1.29, 1.82) is 0 Å². The summed E-state index contributed by atoms with van der Waals surface area (Å²) >= 11 is 0. The lowest BCUT2D eigenvalue weighted by atomic mass is 10.1. The van der Waals surface area contributed by atoms with Gasteiger partial charge in [0.2, 0.25) is 0 Å². The molecule has 0 radical (unpaired) electrons. The molecular formula is C13H16F3NO. The third-order valence-electron chi connectivity index (χ3n) is 3.04. The summed E-state index contributed by atoms with van der Waals surface area (Å²) in [5, 5.41) is 0. The highest BCUT2D eigenvalue weighted by Crippen LogP contribution is 2.38. The van der Waals surface area contributed by atoms with E-state index >= 15 is 0 Å². The first-order chi connectivity index (χ1) is 8.52. The average molecular weight is 259 g/mol. The summed E-state index contributed by atoms with van der Waals surface area (Å²) < 4.78 is 43.5. The molecule has 1 aromatic rings. The molecule has 5 heteroatoms. The molecule has 1 saturated heterocycles. The normalized spacial score (nSPS) is 16.1. The molecule has 0 bridgehead atoms. The van der Waals surface area contributed by atoms with Gasteiger partial charge in [0.05, 0.1) is 12.2 Å². The molecule has 0 atom stereocenters. The van der Waals surface area contributed by atoms with E-state index in [0.717, 1.165) is 37.7 Å². The second-order valence-corrected chi connectivity index (χ2v) is 4.31.